The van der Waals surface area contributed by atoms with Gasteiger partial charge in [-0.3, -0.25) is 5.32 Å². The van der Waals surface area contributed by atoms with Crippen LogP contribution in [0.5, 0.6) is 0 Å². The smallest absolute Gasteiger partial charge is 0.315 e. The largest absolute Gasteiger partial charge is 0.361 e. The minimum absolute atomic E-state index is 0.0493. The Bertz CT molecular complexity index is 334. The van der Waals surface area contributed by atoms with Crippen molar-refractivity contribution in [1.29, 1.82) is 0 Å². The van der Waals surface area contributed by atoms with Crippen LogP contribution < -0.4 is 26.6 Å². The van der Waals surface area contributed by atoms with E-state index < -0.39 is 0 Å². The first-order valence-electron chi connectivity index (χ1n) is 9.15. The average molecular weight is 327 g/mol. The molecule has 0 bridgehead atoms. The number of nitrogens with one attached hydrogen (secondary N) is 5. The van der Waals surface area contributed by atoms with E-state index >= 15 is 0 Å². The number of urea groups is 1. The van der Waals surface area contributed by atoms with Crippen molar-refractivity contribution in [1.82, 2.24) is 26.6 Å². The summed E-state index contributed by atoms with van der Waals surface area (Å²) < 4.78 is 5.64. The van der Waals surface area contributed by atoms with Crippen LogP contribution in [0.2, 0.25) is 0 Å². The van der Waals surface area contributed by atoms with E-state index in [-0.39, 0.29) is 18.3 Å². The molecule has 7 nitrogen and oxygen atoms in total. The molecule has 0 aromatic carbocycles. The first-order valence-corrected chi connectivity index (χ1v) is 9.15. The molecular weight excluding hydrogens is 294 g/mol. The molecule has 0 aliphatic carbocycles. The fourth-order valence-electron chi connectivity index (χ4n) is 3.17. The number of piperidine rings is 2. The molecular formula is C16H33N5O2. The number of rotatable bonds is 8. The monoisotopic (exact) mass is 327 g/mol. The molecule has 2 fully saturated rings. The third-order valence-electron chi connectivity index (χ3n) is 4.41. The molecule has 0 aromatic heterocycles. The Balaban J connectivity index is 1.53. The van der Waals surface area contributed by atoms with E-state index in [9.17, 15) is 4.79 Å². The highest BCUT2D eigenvalue weighted by atomic mass is 16.5. The molecule has 0 aromatic rings. The third-order valence-corrected chi connectivity index (χ3v) is 4.41. The molecule has 0 saturated carbocycles. The standard InChI is InChI=1S/C16H33N5O2/c1-2-23-15-13(7-5-10-19-15)21-16(22)20-12-6-11-18-14-8-3-4-9-17-14/h13-15,17-19H,2-12H2,1H3,(H2,20,21,22). The first kappa shape index (κ1) is 18.4. The van der Waals surface area contributed by atoms with E-state index in [2.05, 4.69) is 26.6 Å². The Morgan fingerprint density at radius 1 is 1.13 bits per heavy atom. The predicted molar refractivity (Wildman–Crippen MR) is 91.2 cm³/mol. The zero-order valence-electron chi connectivity index (χ0n) is 14.3. The molecule has 2 amide bonds. The highest BCUT2D eigenvalue weighted by molar-refractivity contribution is 5.74. The zero-order valence-corrected chi connectivity index (χ0v) is 14.3. The van der Waals surface area contributed by atoms with Gasteiger partial charge in [0.25, 0.3) is 0 Å². The van der Waals surface area contributed by atoms with Crippen LogP contribution in [0.3, 0.4) is 0 Å². The number of hydrogen-bond donors (Lipinski definition) is 5. The fourth-order valence-corrected chi connectivity index (χ4v) is 3.17. The zero-order chi connectivity index (χ0) is 16.3. The molecule has 5 N–H and O–H groups in total. The molecule has 2 rings (SSSR count). The summed E-state index contributed by atoms with van der Waals surface area (Å²) in [6, 6.07) is -0.0486. The topological polar surface area (TPSA) is 86.5 Å². The Labute approximate surface area is 139 Å². The van der Waals surface area contributed by atoms with Crippen molar-refractivity contribution in [3.05, 3.63) is 0 Å². The highest BCUT2D eigenvalue weighted by Gasteiger charge is 2.26. The summed E-state index contributed by atoms with van der Waals surface area (Å²) in [5.41, 5.74) is 0. The number of amides is 2. The van der Waals surface area contributed by atoms with Crippen LogP contribution in [-0.2, 0) is 4.74 Å². The van der Waals surface area contributed by atoms with Gasteiger partial charge in [-0.25, -0.2) is 4.79 Å². The van der Waals surface area contributed by atoms with Gasteiger partial charge in [0.2, 0.25) is 0 Å². The molecule has 2 saturated heterocycles. The number of carbonyl (C=O) groups is 1. The van der Waals surface area contributed by atoms with Crippen molar-refractivity contribution < 1.29 is 9.53 Å². The molecule has 2 aliphatic heterocycles. The van der Waals surface area contributed by atoms with Gasteiger partial charge in [-0.15, -0.1) is 0 Å². The van der Waals surface area contributed by atoms with Crippen LogP contribution in [-0.4, -0.2) is 57.3 Å². The van der Waals surface area contributed by atoms with E-state index in [0.717, 1.165) is 38.9 Å². The van der Waals surface area contributed by atoms with Gasteiger partial charge < -0.3 is 26.0 Å². The third kappa shape index (κ3) is 7.03. The van der Waals surface area contributed by atoms with Gasteiger partial charge >= 0.3 is 6.03 Å². The molecule has 0 radical (unpaired) electrons. The molecule has 3 atom stereocenters. The molecule has 7 heteroatoms. The lowest BCUT2D eigenvalue weighted by molar-refractivity contribution is -0.000680. The molecule has 23 heavy (non-hydrogen) atoms. The SMILES string of the molecule is CCOC1NCCCC1NC(=O)NCCCNC1CCCCN1. The van der Waals surface area contributed by atoms with Gasteiger partial charge in [-0.05, 0) is 65.1 Å². The van der Waals surface area contributed by atoms with Crippen molar-refractivity contribution in [2.45, 2.75) is 63.9 Å². The molecule has 134 valence electrons. The van der Waals surface area contributed by atoms with Gasteiger partial charge in [0.05, 0.1) is 12.2 Å². The maximum Gasteiger partial charge on any atom is 0.315 e. The van der Waals surface area contributed by atoms with E-state index in [4.69, 9.17) is 4.74 Å². The lowest BCUT2D eigenvalue weighted by Crippen LogP contribution is -2.56. The Kier molecular flexibility index (Phi) is 8.67. The second kappa shape index (κ2) is 10.8. The molecule has 3 unspecified atom stereocenters. The molecule has 2 heterocycles. The second-order valence-corrected chi connectivity index (χ2v) is 6.29. The summed E-state index contributed by atoms with van der Waals surface area (Å²) in [6.45, 7) is 6.29. The lowest BCUT2D eigenvalue weighted by Gasteiger charge is -2.32. The van der Waals surface area contributed by atoms with Crippen LogP contribution in [0.1, 0.15) is 45.4 Å². The lowest BCUT2D eigenvalue weighted by atomic mass is 10.1. The summed E-state index contributed by atoms with van der Waals surface area (Å²) in [4.78, 5) is 12.0. The van der Waals surface area contributed by atoms with Crippen molar-refractivity contribution in [3.63, 3.8) is 0 Å². The maximum absolute atomic E-state index is 12.0. The van der Waals surface area contributed by atoms with Crippen LogP contribution in [0.15, 0.2) is 0 Å². The minimum Gasteiger partial charge on any atom is -0.361 e. The van der Waals surface area contributed by atoms with Gasteiger partial charge in [0, 0.05) is 13.2 Å². The number of ether oxygens (including phenoxy) is 1. The van der Waals surface area contributed by atoms with Crippen LogP contribution in [0.4, 0.5) is 4.79 Å². The van der Waals surface area contributed by atoms with Gasteiger partial charge in [0.1, 0.15) is 6.23 Å². The fraction of sp³-hybridized carbons (Fsp3) is 0.938. The van der Waals surface area contributed by atoms with Crippen LogP contribution in [0, 0.1) is 0 Å². The van der Waals surface area contributed by atoms with E-state index in [1.54, 1.807) is 0 Å². The Morgan fingerprint density at radius 2 is 2.00 bits per heavy atom. The predicted octanol–water partition coefficient (Wildman–Crippen LogP) is 0.480. The van der Waals surface area contributed by atoms with E-state index in [1.165, 1.54) is 19.3 Å². The Hall–Kier alpha value is -0.890. The van der Waals surface area contributed by atoms with Crippen molar-refractivity contribution >= 4 is 6.03 Å². The average Bonchev–Trinajstić information content (AvgIpc) is 2.57. The summed E-state index contributed by atoms with van der Waals surface area (Å²) in [5, 5.41) is 16.2. The summed E-state index contributed by atoms with van der Waals surface area (Å²) in [6.07, 6.45) is 7.09. The van der Waals surface area contributed by atoms with Crippen molar-refractivity contribution in [3.8, 4) is 0 Å². The van der Waals surface area contributed by atoms with E-state index in [0.29, 0.717) is 19.3 Å². The minimum atomic E-state index is -0.0980. The quantitative estimate of drug-likeness (QED) is 0.419. The summed E-state index contributed by atoms with van der Waals surface area (Å²) in [7, 11) is 0. The van der Waals surface area contributed by atoms with Crippen LogP contribution in [0.25, 0.3) is 0 Å². The normalized spacial score (nSPS) is 28.3. The number of carbonyl (C=O) groups excluding carboxylic acids is 1. The van der Waals surface area contributed by atoms with Crippen LogP contribution >= 0.6 is 0 Å². The van der Waals surface area contributed by atoms with Crippen molar-refractivity contribution in [2.24, 2.45) is 0 Å². The first-order chi connectivity index (χ1) is 11.3. The van der Waals surface area contributed by atoms with Gasteiger partial charge in [-0.1, -0.05) is 0 Å². The number of hydrogen-bond acceptors (Lipinski definition) is 5. The van der Waals surface area contributed by atoms with Gasteiger partial charge in [-0.2, -0.15) is 0 Å². The molecule has 0 spiro atoms. The Morgan fingerprint density at radius 3 is 2.78 bits per heavy atom. The van der Waals surface area contributed by atoms with E-state index in [1.807, 2.05) is 6.92 Å². The highest BCUT2D eigenvalue weighted by Crippen LogP contribution is 2.09. The van der Waals surface area contributed by atoms with Gasteiger partial charge in [0.15, 0.2) is 0 Å². The molecule has 2 aliphatic rings. The van der Waals surface area contributed by atoms with Crippen molar-refractivity contribution in [2.75, 3.05) is 32.8 Å². The summed E-state index contributed by atoms with van der Waals surface area (Å²) >= 11 is 0. The summed E-state index contributed by atoms with van der Waals surface area (Å²) in [5.74, 6) is 0. The maximum atomic E-state index is 12.0. The second-order valence-electron chi connectivity index (χ2n) is 6.29.